The van der Waals surface area contributed by atoms with Gasteiger partial charge in [0.15, 0.2) is 0 Å². The average molecular weight is 365 g/mol. The van der Waals surface area contributed by atoms with Crippen molar-refractivity contribution in [2.24, 2.45) is 0 Å². The van der Waals surface area contributed by atoms with Crippen molar-refractivity contribution in [3.8, 4) is 0 Å². The summed E-state index contributed by atoms with van der Waals surface area (Å²) in [5.41, 5.74) is 2.34. The smallest absolute Gasteiger partial charge is 0.257 e. The number of aryl methyl sites for hydroxylation is 1. The molecule has 27 heavy (non-hydrogen) atoms. The van der Waals surface area contributed by atoms with E-state index in [0.29, 0.717) is 5.56 Å². The third-order valence-electron chi connectivity index (χ3n) is 5.63. The molecule has 0 aromatic carbocycles. The lowest BCUT2D eigenvalue weighted by Gasteiger charge is -2.35. The maximum atomic E-state index is 13.3. The number of rotatable bonds is 3. The SMILES string of the molecule is Cc1nc(N2CCCCC2)ncc1C(=O)N1CCCC[C@@H]1c1ccccn1. The lowest BCUT2D eigenvalue weighted by atomic mass is 9.97. The molecule has 2 aromatic rings. The number of aromatic nitrogens is 3. The monoisotopic (exact) mass is 365 g/mol. The van der Waals surface area contributed by atoms with E-state index in [9.17, 15) is 4.79 Å². The lowest BCUT2D eigenvalue weighted by Crippen LogP contribution is -2.39. The average Bonchev–Trinajstić information content (AvgIpc) is 2.74. The summed E-state index contributed by atoms with van der Waals surface area (Å²) in [6.07, 6.45) is 10.3. The number of nitrogens with zero attached hydrogens (tertiary/aromatic N) is 5. The topological polar surface area (TPSA) is 62.2 Å². The summed E-state index contributed by atoms with van der Waals surface area (Å²) in [6.45, 7) is 4.68. The molecular weight excluding hydrogens is 338 g/mol. The summed E-state index contributed by atoms with van der Waals surface area (Å²) in [4.78, 5) is 31.2. The largest absolute Gasteiger partial charge is 0.341 e. The number of pyridine rings is 1. The first-order valence-corrected chi connectivity index (χ1v) is 10.0. The molecule has 142 valence electrons. The van der Waals surface area contributed by atoms with Gasteiger partial charge in [0, 0.05) is 32.0 Å². The predicted octanol–water partition coefficient (Wildman–Crippen LogP) is 3.54. The molecule has 0 radical (unpaired) electrons. The molecule has 6 heteroatoms. The van der Waals surface area contributed by atoms with Gasteiger partial charge in [0.25, 0.3) is 5.91 Å². The summed E-state index contributed by atoms with van der Waals surface area (Å²) < 4.78 is 0. The number of hydrogen-bond donors (Lipinski definition) is 0. The van der Waals surface area contributed by atoms with Gasteiger partial charge in [-0.1, -0.05) is 6.07 Å². The van der Waals surface area contributed by atoms with Crippen molar-refractivity contribution in [1.29, 1.82) is 0 Å². The number of amides is 1. The minimum Gasteiger partial charge on any atom is -0.341 e. The number of carbonyl (C=O) groups is 1. The van der Waals surface area contributed by atoms with Gasteiger partial charge in [0.2, 0.25) is 5.95 Å². The van der Waals surface area contributed by atoms with E-state index in [4.69, 9.17) is 0 Å². The zero-order chi connectivity index (χ0) is 18.6. The summed E-state index contributed by atoms with van der Waals surface area (Å²) >= 11 is 0. The highest BCUT2D eigenvalue weighted by atomic mass is 16.2. The van der Waals surface area contributed by atoms with E-state index in [2.05, 4.69) is 19.9 Å². The first kappa shape index (κ1) is 17.9. The summed E-state index contributed by atoms with van der Waals surface area (Å²) in [7, 11) is 0. The molecule has 4 rings (SSSR count). The second-order valence-electron chi connectivity index (χ2n) is 7.48. The Hall–Kier alpha value is -2.50. The number of hydrogen-bond acceptors (Lipinski definition) is 5. The van der Waals surface area contributed by atoms with Gasteiger partial charge in [0.1, 0.15) is 0 Å². The third kappa shape index (κ3) is 3.80. The van der Waals surface area contributed by atoms with Crippen molar-refractivity contribution in [2.75, 3.05) is 24.5 Å². The van der Waals surface area contributed by atoms with Crippen LogP contribution in [-0.2, 0) is 0 Å². The number of carbonyl (C=O) groups excluding carboxylic acids is 1. The fourth-order valence-electron chi connectivity index (χ4n) is 4.12. The Morgan fingerprint density at radius 1 is 1.04 bits per heavy atom. The molecular formula is C21H27N5O. The van der Waals surface area contributed by atoms with Crippen molar-refractivity contribution in [2.45, 2.75) is 51.5 Å². The van der Waals surface area contributed by atoms with E-state index in [1.807, 2.05) is 30.0 Å². The van der Waals surface area contributed by atoms with Crippen LogP contribution in [0.25, 0.3) is 0 Å². The van der Waals surface area contributed by atoms with Crippen LogP contribution < -0.4 is 4.90 Å². The molecule has 0 spiro atoms. The van der Waals surface area contributed by atoms with Crippen LogP contribution in [0.15, 0.2) is 30.6 Å². The number of piperidine rings is 2. The fourth-order valence-corrected chi connectivity index (χ4v) is 4.12. The van der Waals surface area contributed by atoms with Gasteiger partial charge in [0.05, 0.1) is 23.0 Å². The van der Waals surface area contributed by atoms with Gasteiger partial charge in [-0.2, -0.15) is 0 Å². The lowest BCUT2D eigenvalue weighted by molar-refractivity contribution is 0.0604. The van der Waals surface area contributed by atoms with E-state index in [-0.39, 0.29) is 11.9 Å². The Morgan fingerprint density at radius 2 is 1.85 bits per heavy atom. The number of anilines is 1. The van der Waals surface area contributed by atoms with Gasteiger partial charge in [-0.25, -0.2) is 9.97 Å². The molecule has 1 amide bonds. The van der Waals surface area contributed by atoms with Crippen molar-refractivity contribution >= 4 is 11.9 Å². The van der Waals surface area contributed by atoms with Crippen LogP contribution in [-0.4, -0.2) is 45.4 Å². The summed E-state index contributed by atoms with van der Waals surface area (Å²) in [6, 6.07) is 5.95. The molecule has 1 atom stereocenters. The zero-order valence-electron chi connectivity index (χ0n) is 16.0. The van der Waals surface area contributed by atoms with E-state index in [0.717, 1.165) is 56.2 Å². The second-order valence-corrected chi connectivity index (χ2v) is 7.48. The van der Waals surface area contributed by atoms with Crippen molar-refractivity contribution in [1.82, 2.24) is 19.9 Å². The first-order chi connectivity index (χ1) is 13.2. The van der Waals surface area contributed by atoms with Crippen molar-refractivity contribution in [3.05, 3.63) is 47.5 Å². The van der Waals surface area contributed by atoms with E-state index in [1.54, 1.807) is 12.4 Å². The van der Waals surface area contributed by atoms with Gasteiger partial charge < -0.3 is 9.80 Å². The van der Waals surface area contributed by atoms with Gasteiger partial charge in [-0.05, 0) is 57.6 Å². The minimum atomic E-state index is 0.0213. The Morgan fingerprint density at radius 3 is 2.59 bits per heavy atom. The molecule has 0 aliphatic carbocycles. The maximum Gasteiger partial charge on any atom is 0.257 e. The van der Waals surface area contributed by atoms with Crippen molar-refractivity contribution in [3.63, 3.8) is 0 Å². The Kier molecular flexibility index (Phi) is 5.32. The van der Waals surface area contributed by atoms with Crippen LogP contribution in [0.5, 0.6) is 0 Å². The van der Waals surface area contributed by atoms with E-state index < -0.39 is 0 Å². The van der Waals surface area contributed by atoms with Crippen LogP contribution in [0.1, 0.15) is 66.3 Å². The van der Waals surface area contributed by atoms with Crippen LogP contribution in [0.2, 0.25) is 0 Å². The summed E-state index contributed by atoms with van der Waals surface area (Å²) in [5, 5.41) is 0. The number of likely N-dealkylation sites (tertiary alicyclic amines) is 1. The van der Waals surface area contributed by atoms with Crippen LogP contribution in [0, 0.1) is 6.92 Å². The molecule has 0 N–H and O–H groups in total. The predicted molar refractivity (Wildman–Crippen MR) is 105 cm³/mol. The Bertz CT molecular complexity index is 788. The fraction of sp³-hybridized carbons (Fsp3) is 0.524. The standard InChI is InChI=1S/C21H27N5O/c1-16-17(15-23-21(24-16)25-12-6-2-7-13-25)20(27)26-14-8-4-10-19(26)18-9-3-5-11-22-18/h3,5,9,11,15,19H,2,4,6-8,10,12-14H2,1H3/t19-/m1/s1. The van der Waals surface area contributed by atoms with Gasteiger partial charge >= 0.3 is 0 Å². The molecule has 4 heterocycles. The summed E-state index contributed by atoms with van der Waals surface area (Å²) in [5.74, 6) is 0.775. The molecule has 2 fully saturated rings. The van der Waals surface area contributed by atoms with Gasteiger partial charge in [-0.3, -0.25) is 9.78 Å². The maximum absolute atomic E-state index is 13.3. The first-order valence-electron chi connectivity index (χ1n) is 10.0. The van der Waals surface area contributed by atoms with Crippen LogP contribution in [0.4, 0.5) is 5.95 Å². The Balaban J connectivity index is 1.57. The highest BCUT2D eigenvalue weighted by Gasteiger charge is 2.31. The normalized spacial score (nSPS) is 20.6. The van der Waals surface area contributed by atoms with Crippen molar-refractivity contribution < 1.29 is 4.79 Å². The van der Waals surface area contributed by atoms with Gasteiger partial charge in [-0.15, -0.1) is 0 Å². The molecule has 0 bridgehead atoms. The molecule has 2 aromatic heterocycles. The quantitative estimate of drug-likeness (QED) is 0.832. The Labute approximate surface area is 160 Å². The molecule has 2 aliphatic rings. The van der Waals surface area contributed by atoms with Crippen LogP contribution in [0.3, 0.4) is 0 Å². The van der Waals surface area contributed by atoms with Crippen LogP contribution >= 0.6 is 0 Å². The highest BCUT2D eigenvalue weighted by molar-refractivity contribution is 5.95. The van der Waals surface area contributed by atoms with E-state index in [1.165, 1.54) is 19.3 Å². The minimum absolute atomic E-state index is 0.0213. The zero-order valence-corrected chi connectivity index (χ0v) is 16.0. The highest BCUT2D eigenvalue weighted by Crippen LogP contribution is 2.31. The molecule has 0 unspecified atom stereocenters. The van der Waals surface area contributed by atoms with E-state index >= 15 is 0 Å². The second kappa shape index (κ2) is 8.03. The molecule has 2 saturated heterocycles. The molecule has 6 nitrogen and oxygen atoms in total. The third-order valence-corrected chi connectivity index (χ3v) is 5.63. The molecule has 0 saturated carbocycles. The molecule has 2 aliphatic heterocycles.